The van der Waals surface area contributed by atoms with Crippen LogP contribution in [0.15, 0.2) is 217 Å². The Labute approximate surface area is 533 Å². The fourth-order valence-corrected chi connectivity index (χ4v) is 12.5. The van der Waals surface area contributed by atoms with Crippen LogP contribution in [0, 0.1) is 0 Å². The Hall–Kier alpha value is -8.28. The maximum atomic E-state index is 10.9. The predicted molar refractivity (Wildman–Crippen MR) is 373 cm³/mol. The van der Waals surface area contributed by atoms with Gasteiger partial charge in [-0.05, 0) is 215 Å². The highest BCUT2D eigenvalue weighted by molar-refractivity contribution is 7.86. The molecular formula is C77H91ClN6O3S. The molecule has 8 aromatic rings. The van der Waals surface area contributed by atoms with E-state index in [9.17, 15) is 13.0 Å². The van der Waals surface area contributed by atoms with Gasteiger partial charge in [0, 0.05) is 87.3 Å². The molecule has 0 aromatic heterocycles. The highest BCUT2D eigenvalue weighted by atomic mass is 35.5. The van der Waals surface area contributed by atoms with Crippen LogP contribution in [0.2, 0.25) is 0 Å². The summed E-state index contributed by atoms with van der Waals surface area (Å²) in [5.74, 6) is 0. The van der Waals surface area contributed by atoms with Crippen molar-refractivity contribution in [1.29, 1.82) is 0 Å². The zero-order chi connectivity index (χ0) is 61.2. The van der Waals surface area contributed by atoms with Gasteiger partial charge in [0.2, 0.25) is 11.4 Å². The molecule has 0 heterocycles. The first kappa shape index (κ1) is 68.8. The Morgan fingerprint density at radius 3 is 0.943 bits per heavy atom. The van der Waals surface area contributed by atoms with E-state index in [2.05, 4.69) is 269 Å². The topological polar surface area (TPSA) is 98.1 Å². The van der Waals surface area contributed by atoms with Crippen LogP contribution in [-0.4, -0.2) is 89.8 Å². The van der Waals surface area contributed by atoms with Gasteiger partial charge in [-0.15, -0.1) is 0 Å². The number of allylic oxidation sites excluding steroid dienone is 6. The minimum Gasteiger partial charge on any atom is -1.00 e. The van der Waals surface area contributed by atoms with Gasteiger partial charge in [0.1, 0.15) is 23.2 Å². The first-order valence-electron chi connectivity index (χ1n) is 31.0. The SMILES string of the molecule is C.CC[NH+]=C1C=CC(=C(c2ccc(N(CC)CC)cc2)c2ccc(N(CC)CC)cc2)c2ccccc21.CC[NH+]=C1C=CC(=C(c2ccc(N(CC)CC)cc2)c2ccc(N(CC)CC)cc2)c2ccccc21.O=S(=O)([O-])c1cccc2ccccc12.[Cl-]. The van der Waals surface area contributed by atoms with E-state index in [-0.39, 0.29) is 24.7 Å². The van der Waals surface area contributed by atoms with Gasteiger partial charge in [-0.2, -0.15) is 0 Å². The van der Waals surface area contributed by atoms with Crippen LogP contribution in [0.5, 0.6) is 0 Å². The number of hydrogen-bond donors (Lipinski definition) is 2. The number of hydrogen-bond acceptors (Lipinski definition) is 7. The third kappa shape index (κ3) is 16.1. The van der Waals surface area contributed by atoms with Crippen molar-refractivity contribution < 1.29 is 35.4 Å². The molecule has 2 N–H and O–H groups in total. The number of anilines is 4. The molecule has 0 unspecified atom stereocenters. The third-order valence-electron chi connectivity index (χ3n) is 16.3. The maximum Gasteiger partial charge on any atom is 0.206 e. The molecule has 0 spiro atoms. The van der Waals surface area contributed by atoms with Crippen LogP contribution in [-0.2, 0) is 10.1 Å². The fraction of sp³-hybridized carbons (Fsp3) is 0.273. The zero-order valence-electron chi connectivity index (χ0n) is 52.6. The molecule has 11 heteroatoms. The zero-order valence-corrected chi connectivity index (χ0v) is 54.2. The molecule has 0 amide bonds. The molecule has 0 saturated carbocycles. The van der Waals surface area contributed by atoms with Crippen molar-refractivity contribution in [1.82, 2.24) is 0 Å². The van der Waals surface area contributed by atoms with Crippen molar-refractivity contribution in [2.24, 2.45) is 0 Å². The molecule has 0 radical (unpaired) electrons. The van der Waals surface area contributed by atoms with Crippen LogP contribution in [0.1, 0.15) is 121 Å². The van der Waals surface area contributed by atoms with E-state index in [1.807, 2.05) is 0 Å². The summed E-state index contributed by atoms with van der Waals surface area (Å²) in [5, 5.41) is 1.23. The quantitative estimate of drug-likeness (QED) is 0.0779. The van der Waals surface area contributed by atoms with Gasteiger partial charge >= 0.3 is 0 Å². The smallest absolute Gasteiger partial charge is 0.206 e. The van der Waals surface area contributed by atoms with Gasteiger partial charge in [0.15, 0.2) is 0 Å². The molecule has 88 heavy (non-hydrogen) atoms. The van der Waals surface area contributed by atoms with Crippen LogP contribution in [0.4, 0.5) is 22.7 Å². The lowest BCUT2D eigenvalue weighted by molar-refractivity contribution is -0.451. The Morgan fingerprint density at radius 1 is 0.364 bits per heavy atom. The third-order valence-corrected chi connectivity index (χ3v) is 17.2. The average molecular weight is 1220 g/mol. The molecule has 0 fully saturated rings. The lowest BCUT2D eigenvalue weighted by atomic mass is 9.83. The minimum atomic E-state index is -4.38. The van der Waals surface area contributed by atoms with Gasteiger partial charge in [-0.3, -0.25) is 0 Å². The van der Waals surface area contributed by atoms with Gasteiger partial charge in [0.05, 0.1) is 16.0 Å². The number of benzene rings is 8. The Bertz CT molecular complexity index is 3530. The van der Waals surface area contributed by atoms with Gasteiger partial charge in [-0.25, -0.2) is 18.4 Å². The van der Waals surface area contributed by atoms with Crippen molar-refractivity contribution in [3.05, 3.63) is 257 Å². The highest BCUT2D eigenvalue weighted by Gasteiger charge is 2.25. The minimum absolute atomic E-state index is 0. The molecule has 9 nitrogen and oxygen atoms in total. The van der Waals surface area contributed by atoms with Crippen molar-refractivity contribution in [3.63, 3.8) is 0 Å². The van der Waals surface area contributed by atoms with E-state index in [1.165, 1.54) is 107 Å². The maximum absolute atomic E-state index is 10.9. The first-order valence-corrected chi connectivity index (χ1v) is 32.4. The summed E-state index contributed by atoms with van der Waals surface area (Å²) in [6, 6.07) is 65.5. The monoisotopic (exact) mass is 1210 g/mol. The van der Waals surface area contributed by atoms with E-state index in [0.717, 1.165) is 70.8 Å². The molecule has 0 saturated heterocycles. The molecule has 0 atom stereocenters. The van der Waals surface area contributed by atoms with Gasteiger partial charge in [-0.1, -0.05) is 129 Å². The number of fused-ring (bicyclic) bond motifs is 3. The summed E-state index contributed by atoms with van der Waals surface area (Å²) in [4.78, 5) is 16.5. The molecule has 2 aliphatic carbocycles. The highest BCUT2D eigenvalue weighted by Crippen LogP contribution is 2.40. The standard InChI is InChI=1S/2C33H39N3.C10H8O3S.CH4.ClH/c2*1-6-34-32-24-23-31(29-13-11-12-14-30(29)32)33(25-15-19-27(20-16-25)35(7-2)8-3)26-17-21-28(22-18-26)36(9-4)10-5;11-14(12,13)10-7-3-5-8-4-1-2-6-9(8)10;;/h2*11-24H,6-10H2,1-5H3;1-7H,(H,11,12,13);1H4;1H. The van der Waals surface area contributed by atoms with Crippen LogP contribution >= 0.6 is 0 Å². The summed E-state index contributed by atoms with van der Waals surface area (Å²) in [7, 11) is -4.38. The van der Waals surface area contributed by atoms with E-state index in [1.54, 1.807) is 36.4 Å². The van der Waals surface area contributed by atoms with Crippen molar-refractivity contribution >= 4 is 77.4 Å². The second-order valence-corrected chi connectivity index (χ2v) is 22.4. The first-order chi connectivity index (χ1) is 41.9. The summed E-state index contributed by atoms with van der Waals surface area (Å²) in [6.07, 6.45) is 9.03. The molecular weight excluding hydrogens is 1120 g/mol. The normalized spacial score (nSPS) is 13.0. The molecule has 460 valence electrons. The van der Waals surface area contributed by atoms with Gasteiger partial charge < -0.3 is 36.6 Å². The largest absolute Gasteiger partial charge is 1.00 e. The van der Waals surface area contributed by atoms with Crippen LogP contribution in [0.3, 0.4) is 0 Å². The van der Waals surface area contributed by atoms with Crippen molar-refractivity contribution in [2.75, 3.05) is 85.0 Å². The molecule has 2 aliphatic rings. The Morgan fingerprint density at radius 2 is 0.648 bits per heavy atom. The van der Waals surface area contributed by atoms with E-state index in [4.69, 9.17) is 0 Å². The van der Waals surface area contributed by atoms with E-state index in [0.29, 0.717) is 5.39 Å². The fourth-order valence-electron chi connectivity index (χ4n) is 11.8. The Balaban J connectivity index is 0.000000226. The van der Waals surface area contributed by atoms with Crippen molar-refractivity contribution in [3.8, 4) is 0 Å². The lowest BCUT2D eigenvalue weighted by Crippen LogP contribution is -3.00. The predicted octanol–water partition coefficient (Wildman–Crippen LogP) is 11.0. The molecule has 8 aromatic carbocycles. The second-order valence-electron chi connectivity index (χ2n) is 21.0. The summed E-state index contributed by atoms with van der Waals surface area (Å²) >= 11 is 0. The number of rotatable bonds is 19. The average Bonchev–Trinajstić information content (AvgIpc) is 3.11. The molecule has 10 rings (SSSR count). The second kappa shape index (κ2) is 33.2. The summed E-state index contributed by atoms with van der Waals surface area (Å²) in [5.41, 5.74) is 22.5. The summed E-state index contributed by atoms with van der Waals surface area (Å²) in [6.45, 7) is 31.9. The molecule has 0 aliphatic heterocycles. The van der Waals surface area contributed by atoms with E-state index < -0.39 is 10.1 Å². The van der Waals surface area contributed by atoms with Crippen molar-refractivity contribution in [2.45, 2.75) is 81.6 Å². The Kier molecular flexibility index (Phi) is 25.9. The molecule has 0 bridgehead atoms. The van der Waals surface area contributed by atoms with Crippen LogP contribution in [0.25, 0.3) is 33.1 Å². The van der Waals surface area contributed by atoms with Crippen LogP contribution < -0.4 is 42.0 Å². The van der Waals surface area contributed by atoms with Gasteiger partial charge in [0.25, 0.3) is 0 Å². The lowest BCUT2D eigenvalue weighted by Gasteiger charge is -2.24. The summed E-state index contributed by atoms with van der Waals surface area (Å²) < 4.78 is 32.7. The number of nitrogens with one attached hydrogen (secondary N) is 2. The number of halogens is 1. The van der Waals surface area contributed by atoms with E-state index >= 15 is 0 Å². The number of nitrogens with zero attached hydrogens (tertiary/aromatic N) is 4.